The number of piperazine rings is 1. The van der Waals surface area contributed by atoms with E-state index in [0.717, 1.165) is 84.6 Å². The predicted octanol–water partition coefficient (Wildman–Crippen LogP) is 1.36. The van der Waals surface area contributed by atoms with Crippen molar-refractivity contribution in [1.29, 1.82) is 0 Å². The highest BCUT2D eigenvalue weighted by molar-refractivity contribution is 14.0. The van der Waals surface area contributed by atoms with Crippen LogP contribution < -0.4 is 10.6 Å². The number of nitrogens with one attached hydrogen (secondary N) is 2. The lowest BCUT2D eigenvalue weighted by molar-refractivity contribution is -0.130. The maximum absolute atomic E-state index is 11.5. The molecule has 9 heteroatoms. The van der Waals surface area contributed by atoms with Gasteiger partial charge in [0.25, 0.3) is 0 Å². The third-order valence-electron chi connectivity index (χ3n) is 5.91. The van der Waals surface area contributed by atoms with Gasteiger partial charge in [0, 0.05) is 72.4 Å². The van der Waals surface area contributed by atoms with Gasteiger partial charge in [-0.2, -0.15) is 0 Å². The second-order valence-corrected chi connectivity index (χ2v) is 8.13. The first-order valence-electron chi connectivity index (χ1n) is 11.5. The fourth-order valence-electron chi connectivity index (χ4n) is 3.99. The number of carbonyl (C=O) groups is 1. The number of hydrogen-bond donors (Lipinski definition) is 2. The number of benzene rings is 1. The summed E-state index contributed by atoms with van der Waals surface area (Å²) < 4.78 is 5.47. The van der Waals surface area contributed by atoms with E-state index in [-0.39, 0.29) is 29.9 Å². The van der Waals surface area contributed by atoms with Gasteiger partial charge in [-0.25, -0.2) is 4.99 Å². The summed E-state index contributed by atoms with van der Waals surface area (Å²) in [7, 11) is 0. The summed E-state index contributed by atoms with van der Waals surface area (Å²) in [4.78, 5) is 23.1. The summed E-state index contributed by atoms with van der Waals surface area (Å²) in [5.41, 5.74) is 2.61. The minimum Gasteiger partial charge on any atom is -0.379 e. The quantitative estimate of drug-likeness (QED) is 0.285. The molecule has 0 aliphatic carbocycles. The van der Waals surface area contributed by atoms with Crippen LogP contribution in [-0.2, 0) is 22.6 Å². The van der Waals surface area contributed by atoms with Crippen molar-refractivity contribution in [2.24, 2.45) is 4.99 Å². The topological polar surface area (TPSA) is 72.4 Å². The molecule has 0 unspecified atom stereocenters. The Bertz CT molecular complexity index is 718. The second-order valence-electron chi connectivity index (χ2n) is 8.13. The average Bonchev–Trinajstić information content (AvgIpc) is 2.79. The molecule has 2 N–H and O–H groups in total. The molecule has 0 saturated carbocycles. The molecular weight excluding hydrogens is 519 g/mol. The van der Waals surface area contributed by atoms with Crippen molar-refractivity contribution in [2.75, 3.05) is 72.1 Å². The Morgan fingerprint density at radius 3 is 2.34 bits per heavy atom. The van der Waals surface area contributed by atoms with E-state index in [9.17, 15) is 4.79 Å². The molecule has 0 bridgehead atoms. The molecule has 1 aromatic carbocycles. The molecule has 2 heterocycles. The lowest BCUT2D eigenvalue weighted by Crippen LogP contribution is -2.50. The molecule has 180 valence electrons. The van der Waals surface area contributed by atoms with E-state index in [1.165, 1.54) is 11.1 Å². The minimum absolute atomic E-state index is 0. The smallest absolute Gasteiger partial charge is 0.219 e. The standard InChI is InChI=1S/C23H38N6O2.HI/c1-3-24-23(25-8-9-27-10-12-29(13-11-27)20(2)30)26-18-21-6-4-5-7-22(21)19-28-14-16-31-17-15-28;/h4-7H,3,8-19H2,1-2H3,(H2,24,25,26);1H. The van der Waals surface area contributed by atoms with Crippen molar-refractivity contribution < 1.29 is 9.53 Å². The zero-order chi connectivity index (χ0) is 21.9. The van der Waals surface area contributed by atoms with Gasteiger partial charge in [-0.1, -0.05) is 24.3 Å². The van der Waals surface area contributed by atoms with Crippen LogP contribution in [0.2, 0.25) is 0 Å². The van der Waals surface area contributed by atoms with Crippen LogP contribution in [0.5, 0.6) is 0 Å². The van der Waals surface area contributed by atoms with E-state index < -0.39 is 0 Å². The summed E-state index contributed by atoms with van der Waals surface area (Å²) in [6, 6.07) is 8.59. The van der Waals surface area contributed by atoms with Crippen molar-refractivity contribution in [2.45, 2.75) is 26.9 Å². The van der Waals surface area contributed by atoms with Gasteiger partial charge in [-0.05, 0) is 18.1 Å². The molecule has 0 aromatic heterocycles. The summed E-state index contributed by atoms with van der Waals surface area (Å²) in [6.45, 7) is 15.1. The van der Waals surface area contributed by atoms with E-state index in [1.807, 2.05) is 4.90 Å². The molecule has 1 aromatic rings. The normalized spacial score (nSPS) is 18.2. The maximum Gasteiger partial charge on any atom is 0.219 e. The van der Waals surface area contributed by atoms with Crippen LogP contribution in [0, 0.1) is 0 Å². The average molecular weight is 559 g/mol. The first kappa shape index (κ1) is 26.8. The van der Waals surface area contributed by atoms with E-state index in [2.05, 4.69) is 51.6 Å². The molecular formula is C23H39IN6O2. The molecule has 32 heavy (non-hydrogen) atoms. The molecule has 0 spiro atoms. The van der Waals surface area contributed by atoms with Crippen LogP contribution in [0.3, 0.4) is 0 Å². The van der Waals surface area contributed by atoms with Gasteiger partial charge in [0.15, 0.2) is 5.96 Å². The fraction of sp³-hybridized carbons (Fsp3) is 0.652. The van der Waals surface area contributed by atoms with Crippen LogP contribution in [0.25, 0.3) is 0 Å². The second kappa shape index (κ2) is 14.7. The van der Waals surface area contributed by atoms with E-state index in [0.29, 0.717) is 6.54 Å². The zero-order valence-electron chi connectivity index (χ0n) is 19.5. The number of guanidine groups is 1. The third-order valence-corrected chi connectivity index (χ3v) is 5.91. The SMILES string of the molecule is CCNC(=NCc1ccccc1CN1CCOCC1)NCCN1CCN(C(C)=O)CC1.I. The van der Waals surface area contributed by atoms with E-state index in [1.54, 1.807) is 6.92 Å². The molecule has 2 fully saturated rings. The van der Waals surface area contributed by atoms with E-state index >= 15 is 0 Å². The van der Waals surface area contributed by atoms with Crippen molar-refractivity contribution in [3.05, 3.63) is 35.4 Å². The molecule has 0 radical (unpaired) electrons. The van der Waals surface area contributed by atoms with Gasteiger partial charge < -0.3 is 20.3 Å². The van der Waals surface area contributed by atoms with E-state index in [4.69, 9.17) is 9.73 Å². The number of morpholine rings is 1. The van der Waals surface area contributed by atoms with Gasteiger partial charge in [-0.3, -0.25) is 14.6 Å². The lowest BCUT2D eigenvalue weighted by Gasteiger charge is -2.34. The Morgan fingerprint density at radius 1 is 1.00 bits per heavy atom. The Labute approximate surface area is 209 Å². The molecule has 2 saturated heterocycles. The van der Waals surface area contributed by atoms with Gasteiger partial charge in [-0.15, -0.1) is 24.0 Å². The third kappa shape index (κ3) is 8.84. The van der Waals surface area contributed by atoms with Crippen molar-refractivity contribution >= 4 is 35.8 Å². The largest absolute Gasteiger partial charge is 0.379 e. The monoisotopic (exact) mass is 558 g/mol. The number of halogens is 1. The Hall–Kier alpha value is -1.43. The number of carbonyl (C=O) groups excluding carboxylic acids is 1. The number of aliphatic imine (C=N–C) groups is 1. The van der Waals surface area contributed by atoms with Crippen LogP contribution in [0.15, 0.2) is 29.3 Å². The summed E-state index contributed by atoms with van der Waals surface area (Å²) in [6.07, 6.45) is 0. The van der Waals surface area contributed by atoms with Crippen molar-refractivity contribution in [1.82, 2.24) is 25.3 Å². The molecule has 8 nitrogen and oxygen atoms in total. The first-order chi connectivity index (χ1) is 15.2. The number of hydrogen-bond acceptors (Lipinski definition) is 5. The predicted molar refractivity (Wildman–Crippen MR) is 139 cm³/mol. The molecule has 3 rings (SSSR count). The number of rotatable bonds is 8. The molecule has 2 aliphatic rings. The number of nitrogens with zero attached hydrogens (tertiary/aromatic N) is 4. The van der Waals surface area contributed by atoms with Crippen molar-refractivity contribution in [3.63, 3.8) is 0 Å². The highest BCUT2D eigenvalue weighted by Gasteiger charge is 2.18. The number of amides is 1. The Morgan fingerprint density at radius 2 is 1.69 bits per heavy atom. The fourth-order valence-corrected chi connectivity index (χ4v) is 3.99. The van der Waals surface area contributed by atoms with Gasteiger partial charge in [0.05, 0.1) is 19.8 Å². The van der Waals surface area contributed by atoms with Gasteiger partial charge in [0.2, 0.25) is 5.91 Å². The number of ether oxygens (including phenoxy) is 1. The Kier molecular flexibility index (Phi) is 12.3. The van der Waals surface area contributed by atoms with Crippen LogP contribution in [0.1, 0.15) is 25.0 Å². The van der Waals surface area contributed by atoms with Crippen LogP contribution in [0.4, 0.5) is 0 Å². The Balaban J connectivity index is 0.00000363. The van der Waals surface area contributed by atoms with Gasteiger partial charge >= 0.3 is 0 Å². The highest BCUT2D eigenvalue weighted by Crippen LogP contribution is 2.14. The first-order valence-corrected chi connectivity index (χ1v) is 11.5. The maximum atomic E-state index is 11.5. The summed E-state index contributed by atoms with van der Waals surface area (Å²) in [5, 5.41) is 6.82. The lowest BCUT2D eigenvalue weighted by atomic mass is 10.1. The van der Waals surface area contributed by atoms with Crippen LogP contribution >= 0.6 is 24.0 Å². The summed E-state index contributed by atoms with van der Waals surface area (Å²) >= 11 is 0. The summed E-state index contributed by atoms with van der Waals surface area (Å²) in [5.74, 6) is 1.03. The molecule has 2 aliphatic heterocycles. The molecule has 1 amide bonds. The zero-order valence-corrected chi connectivity index (χ0v) is 21.8. The van der Waals surface area contributed by atoms with Crippen molar-refractivity contribution in [3.8, 4) is 0 Å². The van der Waals surface area contributed by atoms with Gasteiger partial charge in [0.1, 0.15) is 0 Å². The molecule has 0 atom stereocenters. The van der Waals surface area contributed by atoms with Crippen LogP contribution in [-0.4, -0.2) is 98.7 Å². The minimum atomic E-state index is 0. The highest BCUT2D eigenvalue weighted by atomic mass is 127.